The Kier molecular flexibility index (Phi) is 4.04. The highest BCUT2D eigenvalue weighted by Gasteiger charge is 2.18. The van der Waals surface area contributed by atoms with Crippen molar-refractivity contribution in [2.24, 2.45) is 0 Å². The average molecular weight is 372 g/mol. The van der Waals surface area contributed by atoms with Gasteiger partial charge in [-0.1, -0.05) is 25.3 Å². The molecule has 0 aromatic carbocycles. The highest BCUT2D eigenvalue weighted by molar-refractivity contribution is 5.91. The Balaban J connectivity index is 1.72. The molecule has 140 valence electrons. The lowest BCUT2D eigenvalue weighted by Crippen LogP contribution is -2.26. The molecule has 0 spiro atoms. The van der Waals surface area contributed by atoms with E-state index in [4.69, 9.17) is 0 Å². The van der Waals surface area contributed by atoms with Crippen molar-refractivity contribution in [2.75, 3.05) is 0 Å². The molecule has 0 aliphatic heterocycles. The fraction of sp³-hybridized carbons (Fsp3) is 0.273. The predicted molar refractivity (Wildman–Crippen MR) is 109 cm³/mol. The SMILES string of the molecule is O=c1c2cc3c(=O)n(C4CCCCC4)ccc3nc2ccn1-c1ccccn1. The van der Waals surface area contributed by atoms with Crippen LogP contribution in [-0.4, -0.2) is 19.1 Å². The van der Waals surface area contributed by atoms with Crippen LogP contribution < -0.4 is 11.1 Å². The Morgan fingerprint density at radius 1 is 0.857 bits per heavy atom. The Hall–Kier alpha value is -3.28. The fourth-order valence-electron chi connectivity index (χ4n) is 4.16. The summed E-state index contributed by atoms with van der Waals surface area (Å²) in [4.78, 5) is 35.0. The van der Waals surface area contributed by atoms with Gasteiger partial charge in [0.2, 0.25) is 0 Å². The second kappa shape index (κ2) is 6.71. The van der Waals surface area contributed by atoms with Gasteiger partial charge in [0.15, 0.2) is 0 Å². The molecule has 0 unspecified atom stereocenters. The van der Waals surface area contributed by atoms with Crippen molar-refractivity contribution in [3.8, 4) is 5.82 Å². The van der Waals surface area contributed by atoms with Crippen LogP contribution in [-0.2, 0) is 0 Å². The van der Waals surface area contributed by atoms with Gasteiger partial charge in [-0.3, -0.25) is 14.2 Å². The number of hydrogen-bond acceptors (Lipinski definition) is 4. The molecular weight excluding hydrogens is 352 g/mol. The maximum atomic E-state index is 13.1. The second-order valence-electron chi connectivity index (χ2n) is 7.35. The minimum atomic E-state index is -0.224. The van der Waals surface area contributed by atoms with Crippen molar-refractivity contribution in [1.82, 2.24) is 19.1 Å². The molecule has 0 saturated heterocycles. The van der Waals surface area contributed by atoms with Crippen LogP contribution in [0.2, 0.25) is 0 Å². The van der Waals surface area contributed by atoms with Crippen LogP contribution in [0.15, 0.2) is 64.6 Å². The van der Waals surface area contributed by atoms with Gasteiger partial charge in [-0.25, -0.2) is 9.97 Å². The molecule has 0 amide bonds. The minimum absolute atomic E-state index is 0.0635. The number of nitrogens with zero attached hydrogens (tertiary/aromatic N) is 4. The summed E-state index contributed by atoms with van der Waals surface area (Å²) in [6.07, 6.45) is 10.8. The molecule has 4 aromatic heterocycles. The molecule has 6 heteroatoms. The third-order valence-electron chi connectivity index (χ3n) is 5.63. The molecule has 6 nitrogen and oxygen atoms in total. The maximum Gasteiger partial charge on any atom is 0.265 e. The summed E-state index contributed by atoms with van der Waals surface area (Å²) >= 11 is 0. The van der Waals surface area contributed by atoms with Gasteiger partial charge < -0.3 is 4.57 Å². The number of hydrogen-bond donors (Lipinski definition) is 0. The van der Waals surface area contributed by atoms with Gasteiger partial charge in [0.1, 0.15) is 5.82 Å². The molecule has 1 saturated carbocycles. The van der Waals surface area contributed by atoms with E-state index in [0.717, 1.165) is 25.7 Å². The highest BCUT2D eigenvalue weighted by Crippen LogP contribution is 2.27. The van der Waals surface area contributed by atoms with Gasteiger partial charge >= 0.3 is 0 Å². The van der Waals surface area contributed by atoms with Crippen molar-refractivity contribution >= 4 is 21.8 Å². The van der Waals surface area contributed by atoms with E-state index in [2.05, 4.69) is 9.97 Å². The summed E-state index contributed by atoms with van der Waals surface area (Å²) in [6, 6.07) is 11.0. The molecule has 0 bridgehead atoms. The Labute approximate surface area is 161 Å². The topological polar surface area (TPSA) is 69.8 Å². The second-order valence-corrected chi connectivity index (χ2v) is 7.35. The van der Waals surface area contributed by atoms with Gasteiger partial charge in [-0.2, -0.15) is 0 Å². The lowest BCUT2D eigenvalue weighted by Gasteiger charge is -2.24. The highest BCUT2D eigenvalue weighted by atomic mass is 16.1. The molecule has 4 heterocycles. The number of rotatable bonds is 2. The largest absolute Gasteiger partial charge is 0.312 e. The Bertz CT molecular complexity index is 1290. The zero-order valence-electron chi connectivity index (χ0n) is 15.4. The number of fused-ring (bicyclic) bond motifs is 2. The molecule has 5 rings (SSSR count). The zero-order valence-corrected chi connectivity index (χ0v) is 15.4. The molecule has 1 aliphatic rings. The molecule has 1 fully saturated rings. The first-order chi connectivity index (χ1) is 13.7. The van der Waals surface area contributed by atoms with E-state index in [1.54, 1.807) is 36.7 Å². The van der Waals surface area contributed by atoms with Crippen LogP contribution in [0, 0.1) is 0 Å². The van der Waals surface area contributed by atoms with Crippen molar-refractivity contribution in [1.29, 1.82) is 0 Å². The van der Waals surface area contributed by atoms with Crippen LogP contribution in [0.1, 0.15) is 38.1 Å². The van der Waals surface area contributed by atoms with E-state index in [0.29, 0.717) is 27.6 Å². The summed E-state index contributed by atoms with van der Waals surface area (Å²) in [5.74, 6) is 0.544. The fourth-order valence-corrected chi connectivity index (χ4v) is 4.16. The third kappa shape index (κ3) is 2.72. The summed E-state index contributed by atoms with van der Waals surface area (Å²) in [6.45, 7) is 0. The van der Waals surface area contributed by atoms with Crippen molar-refractivity contribution in [3.05, 3.63) is 75.7 Å². The van der Waals surface area contributed by atoms with Crippen molar-refractivity contribution in [2.45, 2.75) is 38.1 Å². The van der Waals surface area contributed by atoms with Gasteiger partial charge in [-0.05, 0) is 43.2 Å². The smallest absolute Gasteiger partial charge is 0.265 e. The molecule has 4 aromatic rings. The Morgan fingerprint density at radius 2 is 1.61 bits per heavy atom. The zero-order chi connectivity index (χ0) is 19.1. The molecule has 0 N–H and O–H groups in total. The van der Waals surface area contributed by atoms with Crippen LogP contribution >= 0.6 is 0 Å². The molecule has 0 radical (unpaired) electrons. The van der Waals surface area contributed by atoms with Gasteiger partial charge in [-0.15, -0.1) is 0 Å². The van der Waals surface area contributed by atoms with E-state index in [9.17, 15) is 9.59 Å². The Morgan fingerprint density at radius 3 is 2.36 bits per heavy atom. The molecular formula is C22H20N4O2. The van der Waals surface area contributed by atoms with Gasteiger partial charge in [0.25, 0.3) is 11.1 Å². The van der Waals surface area contributed by atoms with E-state index in [1.807, 2.05) is 22.9 Å². The van der Waals surface area contributed by atoms with Gasteiger partial charge in [0, 0.05) is 24.6 Å². The predicted octanol–water partition coefficient (Wildman–Crippen LogP) is 3.60. The molecule has 1 aliphatic carbocycles. The molecule has 28 heavy (non-hydrogen) atoms. The van der Waals surface area contributed by atoms with Gasteiger partial charge in [0.05, 0.1) is 21.8 Å². The van der Waals surface area contributed by atoms with Crippen molar-refractivity contribution in [3.63, 3.8) is 0 Å². The van der Waals surface area contributed by atoms with E-state index in [-0.39, 0.29) is 17.2 Å². The first-order valence-corrected chi connectivity index (χ1v) is 9.71. The van der Waals surface area contributed by atoms with Crippen LogP contribution in [0.4, 0.5) is 0 Å². The summed E-state index contributed by atoms with van der Waals surface area (Å²) in [5, 5.41) is 0.926. The number of pyridine rings is 4. The lowest BCUT2D eigenvalue weighted by atomic mass is 9.95. The van der Waals surface area contributed by atoms with E-state index < -0.39 is 0 Å². The van der Waals surface area contributed by atoms with Crippen LogP contribution in [0.3, 0.4) is 0 Å². The quantitative estimate of drug-likeness (QED) is 0.504. The lowest BCUT2D eigenvalue weighted by molar-refractivity contribution is 0.347. The minimum Gasteiger partial charge on any atom is -0.312 e. The monoisotopic (exact) mass is 372 g/mol. The van der Waals surface area contributed by atoms with Crippen LogP contribution in [0.25, 0.3) is 27.6 Å². The standard InChI is InChI=1S/C22H20N4O2/c27-21-16-14-17-19(10-13-26(22(17)28)20-8-4-5-11-23-20)24-18(16)9-12-25(21)15-6-2-1-3-7-15/h4-5,8-15H,1-3,6-7H2. The maximum absolute atomic E-state index is 13.1. The summed E-state index contributed by atoms with van der Waals surface area (Å²) in [7, 11) is 0. The third-order valence-corrected chi connectivity index (χ3v) is 5.63. The van der Waals surface area contributed by atoms with E-state index >= 15 is 0 Å². The first kappa shape index (κ1) is 16.9. The number of aromatic nitrogens is 4. The van der Waals surface area contributed by atoms with Crippen LogP contribution in [0.5, 0.6) is 0 Å². The van der Waals surface area contributed by atoms with E-state index in [1.165, 1.54) is 11.0 Å². The summed E-state index contributed by atoms with van der Waals surface area (Å²) in [5.41, 5.74) is 0.920. The average Bonchev–Trinajstić information content (AvgIpc) is 2.75. The van der Waals surface area contributed by atoms with Crippen molar-refractivity contribution < 1.29 is 0 Å². The summed E-state index contributed by atoms with van der Waals surface area (Å²) < 4.78 is 3.31. The molecule has 0 atom stereocenters. The first-order valence-electron chi connectivity index (χ1n) is 9.71. The normalized spacial score (nSPS) is 15.3.